The molecule has 6 aromatic heterocycles. The molecule has 19 rings (SSSR count). The minimum Gasteiger partial charge on any atom is -0.512 e. The number of allylic oxidation sites excluding steroid dienone is 6. The van der Waals surface area contributed by atoms with Crippen LogP contribution in [-0.2, 0) is 126 Å². The number of carbonyl (C=O) groups excluding carboxylic acids is 4. The summed E-state index contributed by atoms with van der Waals surface area (Å²) in [5.41, 5.74) is 11.1. The number of aromatic nitrogens is 6. The maximum absolute atomic E-state index is 14.6. The molecule has 2 aliphatic carbocycles. The monoisotopic (exact) mass is 2540 g/mol. The maximum atomic E-state index is 14.6. The van der Waals surface area contributed by atoms with Gasteiger partial charge in [-0.15, -0.1) is 209 Å². The SMILES string of the molecule is CC(=O)C1=C(O)CCCC1=O.CC(=O)C=C(C)O.CC(=O)C=C(C)O.FC1(F)c2ccc[c-]c2-c2nccc3cccc1c23.[Ir].[Ir].[Ir].[Ir].[Ir].[c-]1ccccc1-c1cc2ccccc2cn1.[c-]1ccccc1-c1ccccn1.[c-]1ccccc1-c1nccc2ccccc12.[c-]1ccccc1-c1nccc2ccccc12.[c-]1ccccc1-c1nccc2ccccc12. The van der Waals surface area contributed by atoms with Gasteiger partial charge < -0.3 is 45.2 Å². The molecule has 5 radical (unpaired) electrons. The first-order valence-electron chi connectivity index (χ1n) is 38.4. The van der Waals surface area contributed by atoms with Gasteiger partial charge in [0, 0.05) is 168 Å². The molecular formula is C105H82F2Ir5N6O7-6. The van der Waals surface area contributed by atoms with Gasteiger partial charge in [-0.05, 0) is 159 Å². The molecule has 3 N–H and O–H groups in total. The summed E-state index contributed by atoms with van der Waals surface area (Å²) in [7, 11) is 0. The van der Waals surface area contributed by atoms with Crippen molar-refractivity contribution in [2.45, 2.75) is 59.8 Å². The van der Waals surface area contributed by atoms with E-state index in [1.54, 1.807) is 36.7 Å². The van der Waals surface area contributed by atoms with Gasteiger partial charge in [0.05, 0.1) is 17.1 Å². The van der Waals surface area contributed by atoms with E-state index in [9.17, 15) is 28.0 Å². The summed E-state index contributed by atoms with van der Waals surface area (Å²) in [6.07, 6.45) is 14.7. The second kappa shape index (κ2) is 52.0. The molecule has 0 spiro atoms. The van der Waals surface area contributed by atoms with Crippen molar-refractivity contribution >= 4 is 77.0 Å². The molecule has 639 valence electrons. The summed E-state index contributed by atoms with van der Waals surface area (Å²) < 4.78 is 29.2. The number of aliphatic hydroxyl groups excluding tert-OH is 3. The number of fused-ring (bicyclic) bond motifs is 6. The third kappa shape index (κ3) is 29.1. The van der Waals surface area contributed by atoms with Crippen molar-refractivity contribution in [1.29, 1.82) is 0 Å². The Labute approximate surface area is 793 Å². The van der Waals surface area contributed by atoms with Gasteiger partial charge in [0.2, 0.25) is 0 Å². The van der Waals surface area contributed by atoms with Crippen molar-refractivity contribution in [2.24, 2.45) is 0 Å². The summed E-state index contributed by atoms with van der Waals surface area (Å²) >= 11 is 0. The van der Waals surface area contributed by atoms with E-state index in [4.69, 9.17) is 15.3 Å². The molecule has 20 heteroatoms. The fourth-order valence-electron chi connectivity index (χ4n) is 13.0. The van der Waals surface area contributed by atoms with Crippen molar-refractivity contribution in [2.75, 3.05) is 0 Å². The van der Waals surface area contributed by atoms with E-state index in [0.29, 0.717) is 35.9 Å². The molecule has 0 amide bonds. The first-order valence-corrected chi connectivity index (χ1v) is 38.4. The topological polar surface area (TPSA) is 206 Å². The van der Waals surface area contributed by atoms with Crippen molar-refractivity contribution in [1.82, 2.24) is 29.9 Å². The number of benzene rings is 11. The fourth-order valence-corrected chi connectivity index (χ4v) is 13.0. The summed E-state index contributed by atoms with van der Waals surface area (Å²) in [5.74, 6) is -3.70. The minimum absolute atomic E-state index is 0. The zero-order valence-electron chi connectivity index (χ0n) is 68.2. The fraction of sp³-hybridized carbons (Fsp3) is 0.0857. The molecule has 2 aliphatic rings. The van der Waals surface area contributed by atoms with Crippen molar-refractivity contribution < 1.29 is 144 Å². The van der Waals surface area contributed by atoms with Crippen LogP contribution in [0.15, 0.2) is 376 Å². The number of ketones is 4. The van der Waals surface area contributed by atoms with E-state index in [1.807, 2.05) is 237 Å². The van der Waals surface area contributed by atoms with Gasteiger partial charge in [-0.2, -0.15) is 0 Å². The molecule has 0 unspecified atom stereocenters. The predicted octanol–water partition coefficient (Wildman–Crippen LogP) is 24.7. The number of Topliss-reactive ketones (excluding diaryl/α,β-unsaturated/α-hetero) is 2. The van der Waals surface area contributed by atoms with Crippen LogP contribution >= 0.6 is 0 Å². The number of carbonyl (C=O) groups is 4. The van der Waals surface area contributed by atoms with Gasteiger partial charge in [0.15, 0.2) is 23.1 Å². The van der Waals surface area contributed by atoms with Crippen LogP contribution in [0.5, 0.6) is 0 Å². The van der Waals surface area contributed by atoms with Crippen LogP contribution in [-0.4, -0.2) is 68.4 Å². The number of pyridine rings is 6. The van der Waals surface area contributed by atoms with Crippen LogP contribution in [0.3, 0.4) is 0 Å². The normalized spacial score (nSPS) is 11.6. The average molecular weight is 2540 g/mol. The van der Waals surface area contributed by atoms with Gasteiger partial charge in [-0.1, -0.05) is 139 Å². The third-order valence-corrected chi connectivity index (χ3v) is 18.3. The Balaban J connectivity index is 0.000000219. The largest absolute Gasteiger partial charge is 0.512 e. The first-order chi connectivity index (χ1) is 58.3. The number of hydrogen-bond donors (Lipinski definition) is 3. The minimum atomic E-state index is -3.00. The molecule has 0 bridgehead atoms. The molecular weight excluding hydrogens is 2460 g/mol. The Morgan fingerprint density at radius 2 is 0.736 bits per heavy atom. The molecule has 0 fully saturated rings. The zero-order chi connectivity index (χ0) is 84.6. The van der Waals surface area contributed by atoms with E-state index in [1.165, 1.54) is 102 Å². The summed E-state index contributed by atoms with van der Waals surface area (Å²) in [4.78, 5) is 68.1. The van der Waals surface area contributed by atoms with E-state index in [2.05, 4.69) is 121 Å². The van der Waals surface area contributed by atoms with Crippen molar-refractivity contribution in [3.05, 3.63) is 423 Å². The van der Waals surface area contributed by atoms with E-state index >= 15 is 0 Å². The van der Waals surface area contributed by atoms with Crippen LogP contribution in [0.4, 0.5) is 8.78 Å². The molecule has 13 nitrogen and oxygen atoms in total. The molecule has 0 atom stereocenters. The number of nitrogens with zero attached hydrogens (tertiary/aromatic N) is 6. The average Bonchev–Trinajstić information content (AvgIpc) is 0.721. The molecule has 11 aromatic carbocycles. The summed E-state index contributed by atoms with van der Waals surface area (Å²) in [6.45, 7) is 7.00. The van der Waals surface area contributed by atoms with E-state index in [-0.39, 0.29) is 158 Å². The van der Waals surface area contributed by atoms with Crippen molar-refractivity contribution in [3.63, 3.8) is 0 Å². The Morgan fingerprint density at radius 1 is 0.360 bits per heavy atom. The summed E-state index contributed by atoms with van der Waals surface area (Å²) in [5, 5.41) is 36.7. The van der Waals surface area contributed by atoms with Crippen LogP contribution in [0, 0.1) is 36.4 Å². The van der Waals surface area contributed by atoms with Crippen LogP contribution in [0.2, 0.25) is 0 Å². The standard InChI is InChI=1S/C16H8F2N.4C15H10N.C11H8N.C8H10O3.2C5H8O2.5Ir/c17-16(18)12-6-2-1-5-11(12)15-14-10(8-9-19-15)4-3-7-13(14)16;3*1-2-7-13(8-3-1)15-14-9-5-4-6-12(14)10-11-16-15;1-2-6-12(7-3-1)15-10-13-8-4-5-9-14(13)11-16-15;1-2-6-10(7-3-1)11-8-4-5-9-12-11;1-5(9)8-6(10)3-2-4-7(8)11;2*1-4(6)3-5(2)7;;;;;/h1-4,6-9H;3*1-7,9-11H;1-6,8-11H;1-6,8-9H;10H,2-4H2,1H3;2*3,6H,1-2H3;;;;;/q6*-1;;;;;;;;. The molecule has 125 heavy (non-hydrogen) atoms. The van der Waals surface area contributed by atoms with Crippen LogP contribution in [0.1, 0.15) is 65.0 Å². The first kappa shape index (κ1) is 102. The van der Waals surface area contributed by atoms with Crippen LogP contribution < -0.4 is 0 Å². The van der Waals surface area contributed by atoms with E-state index in [0.717, 1.165) is 61.7 Å². The van der Waals surface area contributed by atoms with Crippen LogP contribution in [0.25, 0.3) is 121 Å². The molecule has 0 saturated carbocycles. The number of halogens is 2. The Bertz CT molecular complexity index is 6070. The number of aliphatic hydroxyl groups is 3. The smallest absolute Gasteiger partial charge is 0.266 e. The number of hydrogen-bond acceptors (Lipinski definition) is 13. The van der Waals surface area contributed by atoms with E-state index < -0.39 is 5.92 Å². The predicted molar refractivity (Wildman–Crippen MR) is 475 cm³/mol. The van der Waals surface area contributed by atoms with Gasteiger partial charge in [0.25, 0.3) is 5.92 Å². The molecule has 0 aliphatic heterocycles. The molecule has 6 heterocycles. The number of rotatable bonds is 8. The Kier molecular flexibility index (Phi) is 42.3. The third-order valence-electron chi connectivity index (χ3n) is 18.3. The number of alkyl halides is 2. The second-order valence-electron chi connectivity index (χ2n) is 27.2. The molecule has 0 saturated heterocycles. The van der Waals surface area contributed by atoms with Gasteiger partial charge >= 0.3 is 0 Å². The zero-order valence-corrected chi connectivity index (χ0v) is 80.2. The Hall–Kier alpha value is -12.0. The summed E-state index contributed by atoms with van der Waals surface area (Å²) in [6, 6.07) is 117. The second-order valence-corrected chi connectivity index (χ2v) is 27.2. The van der Waals surface area contributed by atoms with Gasteiger partial charge in [-0.3, -0.25) is 19.2 Å². The Morgan fingerprint density at radius 3 is 1.13 bits per heavy atom. The quantitative estimate of drug-likeness (QED) is 0.0561. The van der Waals surface area contributed by atoms with Gasteiger partial charge in [0.1, 0.15) is 5.76 Å². The maximum Gasteiger partial charge on any atom is 0.266 e. The molecule has 17 aromatic rings. The van der Waals surface area contributed by atoms with Crippen molar-refractivity contribution in [3.8, 4) is 67.5 Å². The van der Waals surface area contributed by atoms with Gasteiger partial charge in [-0.25, -0.2) is 8.78 Å².